The van der Waals surface area contributed by atoms with Crippen molar-refractivity contribution in [2.24, 2.45) is 0 Å². The van der Waals surface area contributed by atoms with Crippen LogP contribution in [-0.2, 0) is 4.79 Å². The summed E-state index contributed by atoms with van der Waals surface area (Å²) >= 11 is 0. The summed E-state index contributed by atoms with van der Waals surface area (Å²) in [6, 6.07) is 1.73. The smallest absolute Gasteiger partial charge is 0.299 e. The molecule has 0 saturated carbocycles. The van der Waals surface area contributed by atoms with Crippen molar-refractivity contribution >= 4 is 17.4 Å². The summed E-state index contributed by atoms with van der Waals surface area (Å²) in [7, 11) is 0. The molecule has 1 heterocycles. The highest BCUT2D eigenvalue weighted by atomic mass is 19.1. The van der Waals surface area contributed by atoms with Gasteiger partial charge in [0.1, 0.15) is 11.6 Å². The van der Waals surface area contributed by atoms with E-state index < -0.39 is 28.9 Å². The van der Waals surface area contributed by atoms with Gasteiger partial charge in [-0.15, -0.1) is 12.3 Å². The van der Waals surface area contributed by atoms with Crippen LogP contribution in [0, 0.1) is 24.0 Å². The van der Waals surface area contributed by atoms with E-state index in [9.17, 15) is 18.4 Å². The molecule has 0 unspecified atom stereocenters. The van der Waals surface area contributed by atoms with Crippen molar-refractivity contribution in [3.8, 4) is 12.3 Å². The highest BCUT2D eigenvalue weighted by Gasteiger charge is 2.40. The second-order valence-corrected chi connectivity index (χ2v) is 3.85. The molecule has 1 aliphatic heterocycles. The van der Waals surface area contributed by atoms with Crippen LogP contribution in [0.2, 0.25) is 0 Å². The third kappa shape index (κ3) is 1.76. The Hall–Kier alpha value is -2.22. The van der Waals surface area contributed by atoms with E-state index in [1.165, 1.54) is 0 Å². The molecule has 0 radical (unpaired) electrons. The molecule has 1 aromatic rings. The first kappa shape index (κ1) is 12.2. The first-order valence-corrected chi connectivity index (χ1v) is 5.35. The lowest BCUT2D eigenvalue weighted by atomic mass is 10.1. The van der Waals surface area contributed by atoms with Crippen LogP contribution in [0.5, 0.6) is 0 Å². The van der Waals surface area contributed by atoms with Gasteiger partial charge in [0.2, 0.25) is 0 Å². The summed E-state index contributed by atoms with van der Waals surface area (Å²) in [5.41, 5.74) is -0.761. The molecule has 0 fully saturated rings. The number of carbonyl (C=O) groups excluding carboxylic acids is 2. The molecule has 1 aliphatic rings. The van der Waals surface area contributed by atoms with Gasteiger partial charge in [-0.1, -0.05) is 0 Å². The minimum atomic E-state index is -1.01. The van der Waals surface area contributed by atoms with E-state index in [1.807, 2.05) is 0 Å². The fraction of sp³-hybridized carbons (Fsp3) is 0.231. The number of halogens is 2. The van der Waals surface area contributed by atoms with Crippen LogP contribution in [0.3, 0.4) is 0 Å². The number of nitrogens with zero attached hydrogens (tertiary/aromatic N) is 1. The molecule has 0 spiro atoms. The number of anilines is 1. The maximum absolute atomic E-state index is 13.6. The number of ketones is 1. The lowest BCUT2D eigenvalue weighted by Gasteiger charge is -2.16. The molecule has 0 aliphatic carbocycles. The zero-order valence-corrected chi connectivity index (χ0v) is 9.37. The van der Waals surface area contributed by atoms with Crippen LogP contribution in [-0.4, -0.2) is 18.2 Å². The number of fused-ring (bicyclic) bond motifs is 1. The Balaban J connectivity index is 2.42. The predicted octanol–water partition coefficient (Wildman–Crippen LogP) is 1.91. The molecular formula is C13H9F2NO2. The third-order valence-corrected chi connectivity index (χ3v) is 2.72. The number of Topliss-reactive ketones (excluding diaryl/α,β-unsaturated/α-hetero) is 1. The minimum absolute atomic E-state index is 0.0994. The zero-order valence-electron chi connectivity index (χ0n) is 9.37. The summed E-state index contributed by atoms with van der Waals surface area (Å²) in [6.45, 7) is 0.0994. The van der Waals surface area contributed by atoms with Gasteiger partial charge < -0.3 is 4.90 Å². The minimum Gasteiger partial charge on any atom is -0.302 e. The first-order chi connectivity index (χ1) is 8.57. The van der Waals surface area contributed by atoms with E-state index in [2.05, 4.69) is 5.92 Å². The number of terminal acetylenes is 1. The molecule has 0 aromatic heterocycles. The Morgan fingerprint density at radius 1 is 1.22 bits per heavy atom. The number of benzene rings is 1. The second-order valence-electron chi connectivity index (χ2n) is 3.85. The van der Waals surface area contributed by atoms with Crippen LogP contribution in [0.15, 0.2) is 12.1 Å². The van der Waals surface area contributed by atoms with Crippen molar-refractivity contribution in [2.75, 3.05) is 11.4 Å². The van der Waals surface area contributed by atoms with Gasteiger partial charge >= 0.3 is 0 Å². The summed E-state index contributed by atoms with van der Waals surface area (Å²) < 4.78 is 27.1. The highest BCUT2D eigenvalue weighted by Crippen LogP contribution is 2.33. The van der Waals surface area contributed by atoms with Crippen molar-refractivity contribution in [1.82, 2.24) is 0 Å². The Labute approximate surface area is 102 Å². The molecule has 0 saturated heterocycles. The Morgan fingerprint density at radius 2 is 1.89 bits per heavy atom. The van der Waals surface area contributed by atoms with Crippen LogP contribution in [0.25, 0.3) is 0 Å². The van der Waals surface area contributed by atoms with Crippen LogP contribution in [0.1, 0.15) is 23.2 Å². The average molecular weight is 249 g/mol. The van der Waals surface area contributed by atoms with E-state index >= 15 is 0 Å². The zero-order chi connectivity index (χ0) is 13.3. The average Bonchev–Trinajstić information content (AvgIpc) is 2.60. The second kappa shape index (κ2) is 4.57. The normalized spacial score (nSPS) is 13.7. The van der Waals surface area contributed by atoms with Crippen molar-refractivity contribution in [3.05, 3.63) is 29.3 Å². The summed E-state index contributed by atoms with van der Waals surface area (Å²) in [4.78, 5) is 24.2. The van der Waals surface area contributed by atoms with E-state index in [0.717, 1.165) is 17.0 Å². The standard InChI is InChI=1S/C13H9F2NO2/c1-2-3-4-7-16-11-9(15)6-5-8(14)10(11)12(17)13(16)18/h1,5-6H,3-4,7H2. The first-order valence-electron chi connectivity index (χ1n) is 5.35. The van der Waals surface area contributed by atoms with Crippen LogP contribution in [0.4, 0.5) is 14.5 Å². The molecular weight excluding hydrogens is 240 g/mol. The van der Waals surface area contributed by atoms with Gasteiger partial charge in [-0.3, -0.25) is 9.59 Å². The lowest BCUT2D eigenvalue weighted by Crippen LogP contribution is -2.31. The molecule has 92 valence electrons. The fourth-order valence-electron chi connectivity index (χ4n) is 1.90. The lowest BCUT2D eigenvalue weighted by molar-refractivity contribution is -0.114. The third-order valence-electron chi connectivity index (χ3n) is 2.72. The Morgan fingerprint density at radius 3 is 2.56 bits per heavy atom. The van der Waals surface area contributed by atoms with Gasteiger partial charge in [0, 0.05) is 13.0 Å². The van der Waals surface area contributed by atoms with Gasteiger partial charge in [0.25, 0.3) is 11.7 Å². The van der Waals surface area contributed by atoms with Gasteiger partial charge in [0.05, 0.1) is 11.3 Å². The SMILES string of the molecule is C#CCCCN1C(=O)C(=O)c2c(F)ccc(F)c21. The molecule has 5 heteroatoms. The van der Waals surface area contributed by atoms with E-state index in [4.69, 9.17) is 6.42 Å². The van der Waals surface area contributed by atoms with Crippen molar-refractivity contribution < 1.29 is 18.4 Å². The number of hydrogen-bond donors (Lipinski definition) is 0. The maximum atomic E-state index is 13.6. The van der Waals surface area contributed by atoms with Crippen LogP contribution >= 0.6 is 0 Å². The number of carbonyl (C=O) groups is 2. The van der Waals surface area contributed by atoms with Gasteiger partial charge in [-0.05, 0) is 18.6 Å². The molecule has 0 bridgehead atoms. The monoisotopic (exact) mass is 249 g/mol. The van der Waals surface area contributed by atoms with Crippen molar-refractivity contribution in [2.45, 2.75) is 12.8 Å². The maximum Gasteiger partial charge on any atom is 0.299 e. The summed E-state index contributed by atoms with van der Waals surface area (Å²) in [6.07, 6.45) is 5.88. The highest BCUT2D eigenvalue weighted by molar-refractivity contribution is 6.52. The predicted molar refractivity (Wildman–Crippen MR) is 61.1 cm³/mol. The topological polar surface area (TPSA) is 37.4 Å². The van der Waals surface area contributed by atoms with E-state index in [-0.39, 0.29) is 12.2 Å². The van der Waals surface area contributed by atoms with Crippen molar-refractivity contribution in [3.63, 3.8) is 0 Å². The van der Waals surface area contributed by atoms with Crippen molar-refractivity contribution in [1.29, 1.82) is 0 Å². The number of hydrogen-bond acceptors (Lipinski definition) is 2. The molecule has 1 aromatic carbocycles. The van der Waals surface area contributed by atoms with Gasteiger partial charge in [-0.2, -0.15) is 0 Å². The molecule has 1 amide bonds. The quantitative estimate of drug-likeness (QED) is 0.466. The molecule has 18 heavy (non-hydrogen) atoms. The largest absolute Gasteiger partial charge is 0.302 e. The number of amides is 1. The number of unbranched alkanes of at least 4 members (excludes halogenated alkanes) is 1. The fourth-order valence-corrected chi connectivity index (χ4v) is 1.90. The van der Waals surface area contributed by atoms with E-state index in [0.29, 0.717) is 12.8 Å². The van der Waals surface area contributed by atoms with Gasteiger partial charge in [0.15, 0.2) is 0 Å². The van der Waals surface area contributed by atoms with Crippen LogP contribution < -0.4 is 4.90 Å². The summed E-state index contributed by atoms with van der Waals surface area (Å²) in [5, 5.41) is 0. The molecule has 0 atom stereocenters. The Bertz CT molecular complexity index is 575. The molecule has 3 nitrogen and oxygen atoms in total. The molecule has 0 N–H and O–H groups in total. The molecule has 2 rings (SSSR count). The number of rotatable bonds is 3. The van der Waals surface area contributed by atoms with E-state index in [1.54, 1.807) is 0 Å². The summed E-state index contributed by atoms with van der Waals surface area (Å²) in [5.74, 6) is -1.22. The Kier molecular flexibility index (Phi) is 3.11. The van der Waals surface area contributed by atoms with Gasteiger partial charge in [-0.25, -0.2) is 8.78 Å².